The van der Waals surface area contributed by atoms with Crippen LogP contribution in [-0.2, 0) is 16.0 Å². The normalized spacial score (nSPS) is 11.0. The average Bonchev–Trinajstić information content (AvgIpc) is 3.00. The standard InChI is InChI=1S/C20H26N2O4/c1-3-11-22(4-2)12-10-15-14-21-18-9-8-16(13-17(15)18)26-20(25)7-5-6-19(23)24/h3,8-9,13-14,21H,1,4-7,10-12H2,2H3,(H,23,24). The monoisotopic (exact) mass is 358 g/mol. The molecule has 0 spiro atoms. The number of nitrogens with zero attached hydrogens (tertiary/aromatic N) is 1. The third-order valence-electron chi connectivity index (χ3n) is 4.27. The summed E-state index contributed by atoms with van der Waals surface area (Å²) in [5.41, 5.74) is 2.17. The second-order valence-electron chi connectivity index (χ2n) is 6.17. The molecule has 1 aromatic carbocycles. The molecule has 6 heteroatoms. The number of benzene rings is 1. The van der Waals surface area contributed by atoms with E-state index in [4.69, 9.17) is 9.84 Å². The van der Waals surface area contributed by atoms with E-state index >= 15 is 0 Å². The van der Waals surface area contributed by atoms with E-state index in [2.05, 4.69) is 23.4 Å². The molecule has 1 aromatic heterocycles. The van der Waals surface area contributed by atoms with Crippen molar-refractivity contribution in [2.45, 2.75) is 32.6 Å². The lowest BCUT2D eigenvalue weighted by Crippen LogP contribution is -2.25. The van der Waals surface area contributed by atoms with E-state index < -0.39 is 11.9 Å². The van der Waals surface area contributed by atoms with Crippen LogP contribution in [0.3, 0.4) is 0 Å². The molecule has 2 aromatic rings. The Morgan fingerprint density at radius 2 is 2.15 bits per heavy atom. The summed E-state index contributed by atoms with van der Waals surface area (Å²) in [6.07, 6.45) is 5.12. The Balaban J connectivity index is 2.01. The summed E-state index contributed by atoms with van der Waals surface area (Å²) in [6.45, 7) is 8.66. The van der Waals surface area contributed by atoms with Crippen LogP contribution in [0.2, 0.25) is 0 Å². The molecule has 0 aliphatic carbocycles. The van der Waals surface area contributed by atoms with E-state index in [-0.39, 0.29) is 19.3 Å². The van der Waals surface area contributed by atoms with Gasteiger partial charge in [0, 0.05) is 43.0 Å². The van der Waals surface area contributed by atoms with Crippen LogP contribution in [0.1, 0.15) is 31.7 Å². The number of carbonyl (C=O) groups excluding carboxylic acids is 1. The molecule has 0 atom stereocenters. The van der Waals surface area contributed by atoms with Crippen molar-refractivity contribution in [3.05, 3.63) is 42.6 Å². The van der Waals surface area contributed by atoms with Gasteiger partial charge in [0.15, 0.2) is 0 Å². The lowest BCUT2D eigenvalue weighted by molar-refractivity contribution is -0.137. The zero-order valence-corrected chi connectivity index (χ0v) is 15.2. The number of aromatic amines is 1. The van der Waals surface area contributed by atoms with Gasteiger partial charge in [0.2, 0.25) is 0 Å². The first-order valence-electron chi connectivity index (χ1n) is 8.89. The summed E-state index contributed by atoms with van der Waals surface area (Å²) in [5.74, 6) is -0.836. The van der Waals surface area contributed by atoms with Crippen LogP contribution in [0.5, 0.6) is 5.75 Å². The molecule has 0 aliphatic rings. The van der Waals surface area contributed by atoms with Crippen molar-refractivity contribution in [3.63, 3.8) is 0 Å². The molecule has 0 saturated heterocycles. The van der Waals surface area contributed by atoms with E-state index in [9.17, 15) is 9.59 Å². The minimum Gasteiger partial charge on any atom is -0.481 e. The van der Waals surface area contributed by atoms with Crippen molar-refractivity contribution in [3.8, 4) is 5.75 Å². The number of carboxylic acids is 1. The van der Waals surface area contributed by atoms with E-state index in [0.29, 0.717) is 5.75 Å². The maximum absolute atomic E-state index is 11.8. The predicted molar refractivity (Wildman–Crippen MR) is 101 cm³/mol. The van der Waals surface area contributed by atoms with Gasteiger partial charge in [-0.25, -0.2) is 0 Å². The number of fused-ring (bicyclic) bond motifs is 1. The molecule has 26 heavy (non-hydrogen) atoms. The Kier molecular flexibility index (Phi) is 7.41. The van der Waals surface area contributed by atoms with Crippen molar-refractivity contribution in [1.29, 1.82) is 0 Å². The smallest absolute Gasteiger partial charge is 0.311 e. The number of nitrogens with one attached hydrogen (secondary N) is 1. The minimum atomic E-state index is -0.909. The molecule has 2 N–H and O–H groups in total. The summed E-state index contributed by atoms with van der Waals surface area (Å²) in [5, 5.41) is 9.66. The van der Waals surface area contributed by atoms with Crippen LogP contribution >= 0.6 is 0 Å². The van der Waals surface area contributed by atoms with Crippen molar-refractivity contribution < 1.29 is 19.4 Å². The van der Waals surface area contributed by atoms with Gasteiger partial charge in [0.1, 0.15) is 5.75 Å². The molecule has 0 aliphatic heterocycles. The summed E-state index contributed by atoms with van der Waals surface area (Å²) in [7, 11) is 0. The Morgan fingerprint density at radius 3 is 2.85 bits per heavy atom. The highest BCUT2D eigenvalue weighted by Gasteiger charge is 2.10. The molecule has 0 bridgehead atoms. The molecule has 0 radical (unpaired) electrons. The van der Waals surface area contributed by atoms with Gasteiger partial charge in [0.05, 0.1) is 0 Å². The van der Waals surface area contributed by atoms with Gasteiger partial charge in [-0.3, -0.25) is 14.5 Å². The molecule has 0 saturated carbocycles. The van der Waals surface area contributed by atoms with Crippen molar-refractivity contribution >= 4 is 22.8 Å². The number of rotatable bonds is 11. The zero-order valence-electron chi connectivity index (χ0n) is 15.2. The second-order valence-corrected chi connectivity index (χ2v) is 6.17. The fraction of sp³-hybridized carbons (Fsp3) is 0.400. The van der Waals surface area contributed by atoms with Crippen LogP contribution in [0.4, 0.5) is 0 Å². The summed E-state index contributed by atoms with van der Waals surface area (Å²) >= 11 is 0. The van der Waals surface area contributed by atoms with Gasteiger partial charge in [-0.2, -0.15) is 0 Å². The number of ether oxygens (including phenoxy) is 1. The fourth-order valence-electron chi connectivity index (χ4n) is 2.83. The zero-order chi connectivity index (χ0) is 18.9. The number of hydrogen-bond donors (Lipinski definition) is 2. The first kappa shape index (κ1) is 19.7. The highest BCUT2D eigenvalue weighted by molar-refractivity contribution is 5.85. The van der Waals surface area contributed by atoms with E-state index in [0.717, 1.165) is 37.0 Å². The van der Waals surface area contributed by atoms with Crippen LogP contribution in [0, 0.1) is 0 Å². The molecule has 2 rings (SSSR count). The molecule has 0 unspecified atom stereocenters. The molecule has 0 amide bonds. The SMILES string of the molecule is C=CCN(CC)CCc1c[nH]c2ccc(OC(=O)CCCC(=O)O)cc12. The lowest BCUT2D eigenvalue weighted by atomic mass is 10.1. The number of H-pyrrole nitrogens is 1. The van der Waals surface area contributed by atoms with Crippen molar-refractivity contribution in [2.75, 3.05) is 19.6 Å². The van der Waals surface area contributed by atoms with Crippen molar-refractivity contribution in [1.82, 2.24) is 9.88 Å². The molecular formula is C20H26N2O4. The minimum absolute atomic E-state index is 0.0330. The Bertz CT molecular complexity index is 766. The molecular weight excluding hydrogens is 332 g/mol. The van der Waals surface area contributed by atoms with Gasteiger partial charge in [-0.15, -0.1) is 6.58 Å². The third-order valence-corrected chi connectivity index (χ3v) is 4.27. The van der Waals surface area contributed by atoms with Gasteiger partial charge in [-0.05, 0) is 43.1 Å². The van der Waals surface area contributed by atoms with E-state index in [1.165, 1.54) is 5.56 Å². The van der Waals surface area contributed by atoms with Gasteiger partial charge >= 0.3 is 11.9 Å². The first-order valence-corrected chi connectivity index (χ1v) is 8.89. The van der Waals surface area contributed by atoms with Crippen LogP contribution in [0.25, 0.3) is 10.9 Å². The third kappa shape index (κ3) is 5.74. The van der Waals surface area contributed by atoms with Crippen LogP contribution in [-0.4, -0.2) is 46.6 Å². The van der Waals surface area contributed by atoms with Crippen LogP contribution in [0.15, 0.2) is 37.1 Å². The number of carbonyl (C=O) groups is 2. The van der Waals surface area contributed by atoms with Gasteiger partial charge in [0.25, 0.3) is 0 Å². The van der Waals surface area contributed by atoms with Crippen LogP contribution < -0.4 is 4.74 Å². The maximum Gasteiger partial charge on any atom is 0.311 e. The molecule has 6 nitrogen and oxygen atoms in total. The second kappa shape index (κ2) is 9.77. The summed E-state index contributed by atoms with van der Waals surface area (Å²) < 4.78 is 5.34. The first-order chi connectivity index (χ1) is 12.5. The highest BCUT2D eigenvalue weighted by Crippen LogP contribution is 2.24. The summed E-state index contributed by atoms with van der Waals surface area (Å²) in [6, 6.07) is 5.49. The number of likely N-dealkylation sites (N-methyl/N-ethyl adjacent to an activating group) is 1. The largest absolute Gasteiger partial charge is 0.481 e. The summed E-state index contributed by atoms with van der Waals surface area (Å²) in [4.78, 5) is 27.9. The number of esters is 1. The molecule has 140 valence electrons. The van der Waals surface area contributed by atoms with Gasteiger partial charge in [-0.1, -0.05) is 13.0 Å². The topological polar surface area (TPSA) is 82.6 Å². The highest BCUT2D eigenvalue weighted by atomic mass is 16.5. The Labute approximate surface area is 153 Å². The van der Waals surface area contributed by atoms with Crippen molar-refractivity contribution in [2.24, 2.45) is 0 Å². The Morgan fingerprint density at radius 1 is 1.35 bits per heavy atom. The van der Waals surface area contributed by atoms with Gasteiger partial charge < -0.3 is 14.8 Å². The fourth-order valence-corrected chi connectivity index (χ4v) is 2.83. The number of hydrogen-bond acceptors (Lipinski definition) is 4. The molecule has 0 fully saturated rings. The quantitative estimate of drug-likeness (QED) is 0.365. The number of aliphatic carboxylic acids is 1. The number of carboxylic acid groups (broad SMARTS) is 1. The lowest BCUT2D eigenvalue weighted by Gasteiger charge is -2.17. The maximum atomic E-state index is 11.8. The predicted octanol–water partition coefficient (Wildman–Crippen LogP) is 3.38. The average molecular weight is 358 g/mol. The van der Waals surface area contributed by atoms with E-state index in [1.54, 1.807) is 6.07 Å². The Hall–Kier alpha value is -2.60. The van der Waals surface area contributed by atoms with E-state index in [1.807, 2.05) is 24.4 Å². The number of aromatic nitrogens is 1. The molecule has 1 heterocycles.